The van der Waals surface area contributed by atoms with Crippen LogP contribution in [0.3, 0.4) is 0 Å². The fraction of sp³-hybridized carbons (Fsp3) is 0.603. The van der Waals surface area contributed by atoms with Crippen LogP contribution >= 0.6 is 0 Å². The van der Waals surface area contributed by atoms with E-state index in [9.17, 15) is 4.79 Å². The standard InChI is InChI=1S/C63H85NO7/c1-44(2)19-18-20-45(3)53-31-32-54-52-30-29-50-37-51(33-35-62(50,4)55(52)34-36-63(53,54)5)70-61-58(64-57(65)43-67-39-47-23-12-7-13-24-47)60(69-41-49-27-16-9-17-28-49)59(68-40-48-25-14-8-15-26-48)56(71-61)42-66-38-46-21-10-6-11-22-46/h6-17,21-28,44-45,50-56,58-61H,18-20,29-43H2,1-5H3,(H,64,65)/t45-,50?,51+,52+,53-,54+,55+,56-,58-,59-,60-,61-,62+,63-/m1/s1. The van der Waals surface area contributed by atoms with Crippen molar-refractivity contribution in [3.05, 3.63) is 144 Å². The minimum atomic E-state index is -0.810. The maximum absolute atomic E-state index is 14.2. The molecule has 0 aromatic heterocycles. The van der Waals surface area contributed by atoms with E-state index >= 15 is 0 Å². The Morgan fingerprint density at radius 1 is 0.634 bits per heavy atom. The van der Waals surface area contributed by atoms with Crippen molar-refractivity contribution in [2.75, 3.05) is 13.2 Å². The lowest BCUT2D eigenvalue weighted by Crippen LogP contribution is -2.67. The molecule has 4 aromatic carbocycles. The van der Waals surface area contributed by atoms with Crippen LogP contribution in [0.1, 0.15) is 134 Å². The molecular formula is C63H85NO7. The predicted molar refractivity (Wildman–Crippen MR) is 281 cm³/mol. The molecule has 0 bridgehead atoms. The molecule has 14 atom stereocenters. The van der Waals surface area contributed by atoms with Gasteiger partial charge in [0.2, 0.25) is 5.91 Å². The maximum atomic E-state index is 14.2. The summed E-state index contributed by atoms with van der Waals surface area (Å²) in [5.41, 5.74) is 4.93. The number of hydrogen-bond donors (Lipinski definition) is 1. The zero-order valence-corrected chi connectivity index (χ0v) is 43.6. The van der Waals surface area contributed by atoms with E-state index in [1.165, 1.54) is 57.8 Å². The lowest BCUT2D eigenvalue weighted by atomic mass is 9.44. The first kappa shape index (κ1) is 52.0. The average molecular weight is 968 g/mol. The number of fused-ring (bicyclic) bond motifs is 5. The van der Waals surface area contributed by atoms with Crippen LogP contribution in [0.5, 0.6) is 0 Å². The molecule has 1 heterocycles. The summed E-state index contributed by atoms with van der Waals surface area (Å²) >= 11 is 0. The Hall–Kier alpha value is -3.89. The highest BCUT2D eigenvalue weighted by Crippen LogP contribution is 2.68. The van der Waals surface area contributed by atoms with Crippen molar-refractivity contribution in [3.8, 4) is 0 Å². The molecule has 384 valence electrons. The summed E-state index contributed by atoms with van der Waals surface area (Å²) < 4.78 is 41.0. The van der Waals surface area contributed by atoms with Crippen LogP contribution < -0.4 is 5.32 Å². The van der Waals surface area contributed by atoms with Gasteiger partial charge < -0.3 is 33.7 Å². The van der Waals surface area contributed by atoms with Crippen molar-refractivity contribution in [1.82, 2.24) is 5.32 Å². The van der Waals surface area contributed by atoms with Crippen LogP contribution in [0.2, 0.25) is 0 Å². The molecule has 9 rings (SSSR count). The highest BCUT2D eigenvalue weighted by Gasteiger charge is 2.61. The Bertz CT molecular complexity index is 2210. The van der Waals surface area contributed by atoms with E-state index in [2.05, 4.69) is 76.3 Å². The van der Waals surface area contributed by atoms with Crippen molar-refractivity contribution in [3.63, 3.8) is 0 Å². The third-order valence-electron chi connectivity index (χ3n) is 18.4. The quantitative estimate of drug-likeness (QED) is 0.0786. The first-order valence-electron chi connectivity index (χ1n) is 27.7. The second kappa shape index (κ2) is 24.4. The van der Waals surface area contributed by atoms with E-state index in [4.69, 9.17) is 28.4 Å². The molecule has 1 unspecified atom stereocenters. The first-order valence-corrected chi connectivity index (χ1v) is 27.7. The zero-order chi connectivity index (χ0) is 49.2. The molecule has 1 amide bonds. The van der Waals surface area contributed by atoms with Gasteiger partial charge in [0.25, 0.3) is 0 Å². The van der Waals surface area contributed by atoms with Crippen LogP contribution in [0, 0.1) is 52.3 Å². The first-order chi connectivity index (χ1) is 34.6. The lowest BCUT2D eigenvalue weighted by Gasteiger charge is -2.61. The Morgan fingerprint density at radius 2 is 1.20 bits per heavy atom. The molecular weight excluding hydrogens is 883 g/mol. The number of amides is 1. The summed E-state index contributed by atoms with van der Waals surface area (Å²) in [6.07, 6.45) is 12.8. The van der Waals surface area contributed by atoms with Gasteiger partial charge in [-0.25, -0.2) is 0 Å². The van der Waals surface area contributed by atoms with Gasteiger partial charge in [-0.3, -0.25) is 4.79 Å². The Labute approximate surface area is 426 Å². The van der Waals surface area contributed by atoms with Crippen LogP contribution in [0.4, 0.5) is 0 Å². The molecule has 1 saturated heterocycles. The van der Waals surface area contributed by atoms with Gasteiger partial charge in [-0.2, -0.15) is 0 Å². The van der Waals surface area contributed by atoms with Crippen molar-refractivity contribution in [2.24, 2.45) is 52.3 Å². The largest absolute Gasteiger partial charge is 0.374 e. The van der Waals surface area contributed by atoms with Gasteiger partial charge in [-0.1, -0.05) is 175 Å². The molecule has 5 aliphatic rings. The Morgan fingerprint density at radius 3 is 1.82 bits per heavy atom. The van der Waals surface area contributed by atoms with Gasteiger partial charge in [-0.05, 0) is 132 Å². The highest BCUT2D eigenvalue weighted by molar-refractivity contribution is 5.77. The summed E-state index contributed by atoms with van der Waals surface area (Å²) in [7, 11) is 0. The van der Waals surface area contributed by atoms with Gasteiger partial charge in [0, 0.05) is 0 Å². The third-order valence-corrected chi connectivity index (χ3v) is 18.4. The number of benzene rings is 4. The molecule has 1 N–H and O–H groups in total. The van der Waals surface area contributed by atoms with E-state index in [0.717, 1.165) is 77.0 Å². The minimum absolute atomic E-state index is 0.0257. The molecule has 4 aliphatic carbocycles. The predicted octanol–water partition coefficient (Wildman–Crippen LogP) is 13.3. The highest BCUT2D eigenvalue weighted by atomic mass is 16.7. The zero-order valence-electron chi connectivity index (χ0n) is 43.6. The van der Waals surface area contributed by atoms with Crippen molar-refractivity contribution in [2.45, 2.75) is 175 Å². The van der Waals surface area contributed by atoms with Gasteiger partial charge >= 0.3 is 0 Å². The van der Waals surface area contributed by atoms with Crippen LogP contribution in [-0.2, 0) is 59.6 Å². The number of rotatable bonds is 22. The Kier molecular flexibility index (Phi) is 17.9. The normalized spacial score (nSPS) is 32.9. The molecule has 5 fully saturated rings. The SMILES string of the molecule is CC(C)CCC[C@@H](C)[C@H]1CC[C@H]2[C@@H]3CCC4C[C@@H](O[C@@H]5O[C@H](COCc6ccccc6)[C@@H](OCc6ccccc6)[C@H](OCc6ccccc6)[C@H]5NC(=O)COCc5ccccc5)CC[C@]4(C)[C@H]3CC[C@]12C. The van der Waals surface area contributed by atoms with Crippen molar-refractivity contribution < 1.29 is 33.2 Å². The van der Waals surface area contributed by atoms with Crippen molar-refractivity contribution >= 4 is 5.91 Å². The van der Waals surface area contributed by atoms with Crippen molar-refractivity contribution in [1.29, 1.82) is 0 Å². The van der Waals surface area contributed by atoms with Gasteiger partial charge in [0.15, 0.2) is 6.29 Å². The molecule has 0 radical (unpaired) electrons. The molecule has 1 aliphatic heterocycles. The minimum Gasteiger partial charge on any atom is -0.374 e. The summed E-state index contributed by atoms with van der Waals surface area (Å²) in [6, 6.07) is 39.9. The molecule has 71 heavy (non-hydrogen) atoms. The van der Waals surface area contributed by atoms with Crippen LogP contribution in [-0.4, -0.2) is 55.9 Å². The molecule has 4 saturated carbocycles. The van der Waals surface area contributed by atoms with Gasteiger partial charge in [0.05, 0.1) is 39.1 Å². The molecule has 0 spiro atoms. The number of ether oxygens (including phenoxy) is 6. The second-order valence-electron chi connectivity index (χ2n) is 23.4. The van der Waals surface area contributed by atoms with Crippen LogP contribution in [0.25, 0.3) is 0 Å². The van der Waals surface area contributed by atoms with Gasteiger partial charge in [-0.15, -0.1) is 0 Å². The molecule has 8 heteroatoms. The van der Waals surface area contributed by atoms with E-state index in [-0.39, 0.29) is 25.2 Å². The van der Waals surface area contributed by atoms with E-state index in [1.807, 2.05) is 84.9 Å². The molecule has 4 aromatic rings. The summed E-state index contributed by atoms with van der Waals surface area (Å²) in [4.78, 5) is 14.2. The fourth-order valence-corrected chi connectivity index (χ4v) is 14.7. The summed E-state index contributed by atoms with van der Waals surface area (Å²) in [5, 5.41) is 3.36. The maximum Gasteiger partial charge on any atom is 0.246 e. The second-order valence-corrected chi connectivity index (χ2v) is 23.4. The number of nitrogens with one attached hydrogen (secondary N) is 1. The van der Waals surface area contributed by atoms with E-state index in [0.29, 0.717) is 43.2 Å². The summed E-state index contributed by atoms with van der Waals surface area (Å²) in [5.74, 6) is 5.27. The lowest BCUT2D eigenvalue weighted by molar-refractivity contribution is -0.305. The van der Waals surface area contributed by atoms with Crippen LogP contribution in [0.15, 0.2) is 121 Å². The monoisotopic (exact) mass is 968 g/mol. The average Bonchev–Trinajstić information content (AvgIpc) is 3.74. The summed E-state index contributed by atoms with van der Waals surface area (Å²) in [6.45, 7) is 14.3. The van der Waals surface area contributed by atoms with Gasteiger partial charge in [0.1, 0.15) is 31.0 Å². The fourth-order valence-electron chi connectivity index (χ4n) is 14.7. The number of carbonyl (C=O) groups excluding carboxylic acids is 1. The smallest absolute Gasteiger partial charge is 0.246 e. The Balaban J connectivity index is 0.949. The van der Waals surface area contributed by atoms with E-state index in [1.54, 1.807) is 0 Å². The number of hydrogen-bond acceptors (Lipinski definition) is 7. The van der Waals surface area contributed by atoms with E-state index < -0.39 is 30.6 Å². The number of carbonyl (C=O) groups is 1. The molecule has 8 nitrogen and oxygen atoms in total. The third kappa shape index (κ3) is 12.7. The topological polar surface area (TPSA) is 84.5 Å².